The Bertz CT molecular complexity index is 209. The molecular formula is C11H21N3O3. The van der Waals surface area contributed by atoms with E-state index in [2.05, 4.69) is 4.99 Å². The summed E-state index contributed by atoms with van der Waals surface area (Å²) >= 11 is 0. The van der Waals surface area contributed by atoms with Crippen molar-refractivity contribution >= 4 is 18.2 Å². The summed E-state index contributed by atoms with van der Waals surface area (Å²) in [5.41, 5.74) is 0. The fourth-order valence-corrected chi connectivity index (χ4v) is 1.06. The molecule has 0 radical (unpaired) electrons. The largest absolute Gasteiger partial charge is 0.234 e. The third-order valence-corrected chi connectivity index (χ3v) is 1.59. The first-order valence-corrected chi connectivity index (χ1v) is 4.78. The Balaban J connectivity index is -0.0000000690. The van der Waals surface area contributed by atoms with Crippen molar-refractivity contribution in [3.8, 4) is 0 Å². The van der Waals surface area contributed by atoms with Crippen LogP contribution in [0.15, 0.2) is 4.99 Å². The fraction of sp³-hybridized carbons (Fsp3) is 0.727. The van der Waals surface area contributed by atoms with Gasteiger partial charge in [0.1, 0.15) is 0 Å². The third kappa shape index (κ3) is 78.9. The van der Waals surface area contributed by atoms with Crippen molar-refractivity contribution in [1.82, 2.24) is 0 Å². The Kier molecular flexibility index (Phi) is 52.9. The van der Waals surface area contributed by atoms with Crippen molar-refractivity contribution in [3.05, 3.63) is 0 Å². The fourth-order valence-electron chi connectivity index (χ4n) is 1.06. The van der Waals surface area contributed by atoms with Gasteiger partial charge in [0.25, 0.3) is 0 Å². The first kappa shape index (κ1) is 24.4. The van der Waals surface area contributed by atoms with Crippen LogP contribution in [0.3, 0.4) is 0 Å². The zero-order chi connectivity index (χ0) is 13.1. The molecule has 1 aliphatic rings. The summed E-state index contributed by atoms with van der Waals surface area (Å²) in [5, 5.41) is 10.8. The molecule has 0 aromatic carbocycles. The molecule has 1 saturated carbocycles. The summed E-state index contributed by atoms with van der Waals surface area (Å²) < 4.78 is 0. The summed E-state index contributed by atoms with van der Waals surface area (Å²) in [7, 11) is 1.38. The molecule has 0 bridgehead atoms. The van der Waals surface area contributed by atoms with Crippen LogP contribution in [0.1, 0.15) is 46.0 Å². The lowest BCUT2D eigenvalue weighted by Gasteiger charge is -2.05. The monoisotopic (exact) mass is 243 g/mol. The minimum Gasteiger partial charge on any atom is -0.222 e. The molecule has 6 nitrogen and oxygen atoms in total. The summed E-state index contributed by atoms with van der Waals surface area (Å²) in [6.07, 6.45) is 11.8. The minimum atomic E-state index is 0. The Labute approximate surface area is 102 Å². The molecule has 1 aliphatic carbocycles. The normalized spacial score (nSPS) is 10.4. The second-order valence-corrected chi connectivity index (χ2v) is 2.64. The lowest BCUT2D eigenvalue weighted by atomic mass is 10.0. The van der Waals surface area contributed by atoms with Gasteiger partial charge in [0.05, 0.1) is 0 Å². The quantitative estimate of drug-likeness (QED) is 0.503. The van der Waals surface area contributed by atoms with Crippen molar-refractivity contribution in [2.45, 2.75) is 46.0 Å². The van der Waals surface area contributed by atoms with Crippen molar-refractivity contribution in [2.75, 3.05) is 7.05 Å². The van der Waals surface area contributed by atoms with E-state index in [1.807, 2.05) is 0 Å². The number of nitrogens with one attached hydrogen (secondary N) is 2. The molecule has 0 amide bonds. The van der Waals surface area contributed by atoms with Gasteiger partial charge in [0.2, 0.25) is 18.2 Å². The Hall–Kier alpha value is -1.86. The maximum atomic E-state index is 8.88. The molecule has 1 fully saturated rings. The molecule has 0 unspecified atom stereocenters. The molecule has 0 heterocycles. The molecule has 0 atom stereocenters. The van der Waals surface area contributed by atoms with Crippen LogP contribution in [-0.2, 0) is 14.4 Å². The molecule has 6 heteroatoms. The minimum absolute atomic E-state index is 0. The van der Waals surface area contributed by atoms with Crippen LogP contribution in [0, 0.1) is 10.8 Å². The summed E-state index contributed by atoms with van der Waals surface area (Å²) in [5.74, 6) is 0. The number of hydrogen-bond acceptors (Lipinski definition) is 6. The van der Waals surface area contributed by atoms with E-state index in [4.69, 9.17) is 25.2 Å². The van der Waals surface area contributed by atoms with Gasteiger partial charge >= 0.3 is 0 Å². The van der Waals surface area contributed by atoms with Crippen LogP contribution in [-0.4, -0.2) is 25.3 Å². The van der Waals surface area contributed by atoms with Crippen LogP contribution in [0.25, 0.3) is 0 Å². The first-order valence-electron chi connectivity index (χ1n) is 4.78. The average Bonchev–Trinajstić information content (AvgIpc) is 2.34. The zero-order valence-electron chi connectivity index (χ0n) is 9.41. The Morgan fingerprint density at radius 2 is 0.941 bits per heavy atom. The number of hydrogen-bond donors (Lipinski definition) is 2. The number of isocyanates is 3. The van der Waals surface area contributed by atoms with Gasteiger partial charge in [-0.1, -0.05) is 46.0 Å². The van der Waals surface area contributed by atoms with E-state index in [-0.39, 0.29) is 7.43 Å². The van der Waals surface area contributed by atoms with Crippen molar-refractivity contribution in [2.24, 2.45) is 4.99 Å². The summed E-state index contributed by atoms with van der Waals surface area (Å²) in [6, 6.07) is 0. The van der Waals surface area contributed by atoms with Gasteiger partial charge in [0, 0.05) is 7.05 Å². The molecule has 98 valence electrons. The van der Waals surface area contributed by atoms with Gasteiger partial charge in [0.15, 0.2) is 0 Å². The van der Waals surface area contributed by atoms with Crippen LogP contribution >= 0.6 is 0 Å². The first-order chi connectivity index (χ1) is 7.74. The Morgan fingerprint density at radius 1 is 0.824 bits per heavy atom. The van der Waals surface area contributed by atoms with Crippen molar-refractivity contribution < 1.29 is 14.4 Å². The average molecular weight is 243 g/mol. The molecule has 0 aromatic rings. The second-order valence-electron chi connectivity index (χ2n) is 2.64. The van der Waals surface area contributed by atoms with Gasteiger partial charge < -0.3 is 0 Å². The van der Waals surface area contributed by atoms with Gasteiger partial charge in [-0.3, -0.25) is 0 Å². The van der Waals surface area contributed by atoms with Crippen LogP contribution in [0.5, 0.6) is 0 Å². The predicted molar refractivity (Wildman–Crippen MR) is 65.3 cm³/mol. The van der Waals surface area contributed by atoms with E-state index < -0.39 is 0 Å². The van der Waals surface area contributed by atoms with Crippen LogP contribution in [0.4, 0.5) is 0 Å². The van der Waals surface area contributed by atoms with Crippen LogP contribution in [0.2, 0.25) is 0 Å². The maximum absolute atomic E-state index is 8.88. The lowest BCUT2D eigenvalue weighted by Crippen LogP contribution is -1.85. The molecular weight excluding hydrogens is 222 g/mol. The highest BCUT2D eigenvalue weighted by Gasteiger charge is 1.95. The molecule has 1 rings (SSSR count). The van der Waals surface area contributed by atoms with Crippen molar-refractivity contribution in [3.63, 3.8) is 0 Å². The van der Waals surface area contributed by atoms with Crippen molar-refractivity contribution in [1.29, 1.82) is 10.8 Å². The molecule has 0 aliphatic heterocycles. The SMILES string of the molecule is C.C1CCCCC1.CN=C=O.N=C=O.N=C=O. The lowest BCUT2D eigenvalue weighted by molar-refractivity contribution is 0.504. The molecule has 0 spiro atoms. The predicted octanol–water partition coefficient (Wildman–Crippen LogP) is 2.73. The maximum Gasteiger partial charge on any atom is 0.234 e. The van der Waals surface area contributed by atoms with Gasteiger partial charge in [-0.2, -0.15) is 0 Å². The van der Waals surface area contributed by atoms with E-state index >= 15 is 0 Å². The molecule has 2 N–H and O–H groups in total. The summed E-state index contributed by atoms with van der Waals surface area (Å²) in [4.78, 5) is 28.5. The molecule has 17 heavy (non-hydrogen) atoms. The van der Waals surface area contributed by atoms with Gasteiger partial charge in [-0.15, -0.1) is 0 Å². The smallest absolute Gasteiger partial charge is 0.222 e. The molecule has 0 saturated heterocycles. The van der Waals surface area contributed by atoms with E-state index in [1.165, 1.54) is 51.7 Å². The van der Waals surface area contributed by atoms with Gasteiger partial charge in [-0.05, 0) is 0 Å². The topological polar surface area (TPSA) is 111 Å². The second kappa shape index (κ2) is 36.8. The third-order valence-electron chi connectivity index (χ3n) is 1.59. The standard InChI is InChI=1S/C6H12.C2H3NO.2CHNO.CH4/c1-2-4-6-5-3-1;1-3-2-4;2*2-1-3;/h1-6H2;1H3;2*2H;1H4. The highest BCUT2D eigenvalue weighted by molar-refractivity contribution is 5.32. The zero-order valence-corrected chi connectivity index (χ0v) is 9.41. The highest BCUT2D eigenvalue weighted by Crippen LogP contribution is 2.15. The summed E-state index contributed by atoms with van der Waals surface area (Å²) in [6.45, 7) is 0. The van der Waals surface area contributed by atoms with E-state index in [1.54, 1.807) is 0 Å². The number of rotatable bonds is 0. The number of carbonyl (C=O) groups excluding carboxylic acids is 3. The van der Waals surface area contributed by atoms with E-state index in [9.17, 15) is 0 Å². The van der Waals surface area contributed by atoms with Gasteiger partial charge in [-0.25, -0.2) is 30.2 Å². The van der Waals surface area contributed by atoms with E-state index in [0.717, 1.165) is 12.2 Å². The number of aliphatic imine (C=N–C) groups is 1. The van der Waals surface area contributed by atoms with Crippen LogP contribution < -0.4 is 0 Å². The number of nitrogens with zero attached hydrogens (tertiary/aromatic N) is 1. The Morgan fingerprint density at radius 3 is 1.00 bits per heavy atom. The van der Waals surface area contributed by atoms with E-state index in [0.29, 0.717) is 0 Å². The molecule has 0 aromatic heterocycles. The highest BCUT2D eigenvalue weighted by atomic mass is 16.1.